The van der Waals surface area contributed by atoms with Crippen molar-refractivity contribution in [1.82, 2.24) is 5.32 Å². The molecule has 89 heavy (non-hydrogen) atoms. The lowest BCUT2D eigenvalue weighted by Crippen LogP contribution is -2.47. The summed E-state index contributed by atoms with van der Waals surface area (Å²) in [4.78, 5) is 40.2. The van der Waals surface area contributed by atoms with Gasteiger partial charge < -0.3 is 28.5 Å². The number of phosphoric acid groups is 1. The maximum atomic E-state index is 13.6. The fourth-order valence-corrected chi connectivity index (χ4v) is 11.5. The van der Waals surface area contributed by atoms with Crippen LogP contribution in [-0.4, -0.2) is 69.4 Å². The molecule has 0 saturated carbocycles. The number of rotatable bonds is 68. The molecule has 3 atom stereocenters. The first kappa shape index (κ1) is 85.9. The van der Waals surface area contributed by atoms with Gasteiger partial charge in [0.15, 0.2) is 0 Å². The lowest BCUT2D eigenvalue weighted by atomic mass is 10.0. The van der Waals surface area contributed by atoms with E-state index in [4.69, 9.17) is 13.8 Å². The van der Waals surface area contributed by atoms with Gasteiger partial charge in [-0.2, -0.15) is 0 Å². The van der Waals surface area contributed by atoms with Gasteiger partial charge in [-0.25, -0.2) is 0 Å². The largest absolute Gasteiger partial charge is 0.756 e. The third-order valence-electron chi connectivity index (χ3n) is 16.5. The Morgan fingerprint density at radius 3 is 1.10 bits per heavy atom. The Morgan fingerprint density at radius 1 is 0.404 bits per heavy atom. The van der Waals surface area contributed by atoms with Crippen LogP contribution in [0, 0.1) is 0 Å². The second-order valence-electron chi connectivity index (χ2n) is 26.4. The summed E-state index contributed by atoms with van der Waals surface area (Å²) in [5.41, 5.74) is 0. The molecule has 0 aliphatic heterocycles. The molecule has 1 N–H and O–H groups in total. The van der Waals surface area contributed by atoms with Gasteiger partial charge >= 0.3 is 5.97 Å². The van der Waals surface area contributed by atoms with Crippen LogP contribution in [0.3, 0.4) is 0 Å². The summed E-state index contributed by atoms with van der Waals surface area (Å²) >= 11 is 0. The van der Waals surface area contributed by atoms with Crippen molar-refractivity contribution in [2.45, 2.75) is 354 Å². The molecule has 0 bridgehead atoms. The van der Waals surface area contributed by atoms with Crippen LogP contribution in [0.4, 0.5) is 0 Å². The number of carbonyl (C=O) groups is 2. The Balaban J connectivity index is 4.95. The molecule has 0 spiro atoms. The topological polar surface area (TPSA) is 114 Å². The van der Waals surface area contributed by atoms with Crippen molar-refractivity contribution in [3.05, 3.63) is 97.2 Å². The molecule has 0 aromatic heterocycles. The van der Waals surface area contributed by atoms with Crippen LogP contribution in [0.15, 0.2) is 97.2 Å². The molecule has 516 valence electrons. The number of quaternary nitrogens is 1. The second kappa shape index (κ2) is 67.8. The van der Waals surface area contributed by atoms with Crippen LogP contribution in [0.5, 0.6) is 0 Å². The van der Waals surface area contributed by atoms with Crippen LogP contribution in [0.25, 0.3) is 0 Å². The number of allylic oxidation sites excluding steroid dienone is 15. The molecule has 0 aliphatic carbocycles. The third kappa shape index (κ3) is 69.1. The van der Waals surface area contributed by atoms with Gasteiger partial charge in [0.25, 0.3) is 7.82 Å². The fraction of sp³-hybridized carbons (Fsp3) is 0.772. The number of amides is 1. The number of nitrogens with zero attached hydrogens (tertiary/aromatic N) is 1. The van der Waals surface area contributed by atoms with E-state index in [1.54, 1.807) is 0 Å². The summed E-state index contributed by atoms with van der Waals surface area (Å²) < 4.78 is 30.5. The highest BCUT2D eigenvalue weighted by molar-refractivity contribution is 7.45. The molecular formula is C79H143N2O7P. The van der Waals surface area contributed by atoms with Gasteiger partial charge in [-0.3, -0.25) is 14.2 Å². The van der Waals surface area contributed by atoms with E-state index in [0.29, 0.717) is 17.4 Å². The number of phosphoric ester groups is 1. The van der Waals surface area contributed by atoms with Crippen molar-refractivity contribution in [3.63, 3.8) is 0 Å². The third-order valence-corrected chi connectivity index (χ3v) is 17.5. The summed E-state index contributed by atoms with van der Waals surface area (Å²) in [6.45, 7) is 6.73. The van der Waals surface area contributed by atoms with Crippen LogP contribution < -0.4 is 10.2 Å². The van der Waals surface area contributed by atoms with Gasteiger partial charge in [0.1, 0.15) is 19.3 Å². The van der Waals surface area contributed by atoms with Crippen LogP contribution in [0.1, 0.15) is 342 Å². The summed E-state index contributed by atoms with van der Waals surface area (Å²) in [7, 11) is 1.18. The predicted octanol–water partition coefficient (Wildman–Crippen LogP) is 23.6. The molecule has 0 rings (SSSR count). The smallest absolute Gasteiger partial charge is 0.306 e. The maximum absolute atomic E-state index is 13.6. The molecule has 0 aromatic carbocycles. The van der Waals surface area contributed by atoms with Gasteiger partial charge in [0.2, 0.25) is 5.91 Å². The van der Waals surface area contributed by atoms with Gasteiger partial charge in [-0.05, 0) is 109 Å². The number of likely N-dealkylation sites (N-methyl/N-ethyl adjacent to an activating group) is 1. The monoisotopic (exact) mass is 1260 g/mol. The Hall–Kier alpha value is -3.07. The summed E-state index contributed by atoms with van der Waals surface area (Å²) in [6, 6.07) is -0.894. The van der Waals surface area contributed by atoms with E-state index in [2.05, 4.69) is 111 Å². The number of carbonyl (C=O) groups excluding carboxylic acids is 2. The van der Waals surface area contributed by atoms with Gasteiger partial charge in [-0.1, -0.05) is 317 Å². The number of nitrogens with one attached hydrogen (secondary N) is 1. The molecule has 0 radical (unpaired) electrons. The van der Waals surface area contributed by atoms with Crippen molar-refractivity contribution < 1.29 is 37.3 Å². The minimum atomic E-state index is -4.71. The summed E-state index contributed by atoms with van der Waals surface area (Å²) in [5, 5.41) is 3.05. The SMILES string of the molecule is CC/C=C\C/C=C\C/C=C\C/C=C\C/C=C\CCCCCCCCCCCCCC(=O)OC(/C=C/CCCCCCCCCCC)C(COP(=O)([O-])OCC[N+](C)(C)C)NC(=O)CCCCCCCCCCCCCCCCC/C=C\C/C=C\CCCCC. The van der Waals surface area contributed by atoms with Gasteiger partial charge in [0.05, 0.1) is 33.8 Å². The summed E-state index contributed by atoms with van der Waals surface area (Å²) in [6.07, 6.45) is 92.5. The highest BCUT2D eigenvalue weighted by Gasteiger charge is 2.27. The van der Waals surface area contributed by atoms with Crippen LogP contribution >= 0.6 is 7.82 Å². The molecule has 0 heterocycles. The molecule has 0 saturated heterocycles. The van der Waals surface area contributed by atoms with Crippen molar-refractivity contribution in [1.29, 1.82) is 0 Å². The Bertz CT molecular complexity index is 1840. The molecular weight excluding hydrogens is 1120 g/mol. The normalized spacial score (nSPS) is 14.0. The van der Waals surface area contributed by atoms with Crippen molar-refractivity contribution in [3.8, 4) is 0 Å². The van der Waals surface area contributed by atoms with Gasteiger partial charge in [0, 0.05) is 12.8 Å². The van der Waals surface area contributed by atoms with Crippen molar-refractivity contribution in [2.24, 2.45) is 0 Å². The number of unbranched alkanes of at least 4 members (excludes halogenated alkanes) is 38. The first-order chi connectivity index (χ1) is 43.4. The first-order valence-corrected chi connectivity index (χ1v) is 39.0. The molecule has 0 fully saturated rings. The van der Waals surface area contributed by atoms with E-state index in [1.807, 2.05) is 33.3 Å². The molecule has 0 aromatic rings. The lowest BCUT2D eigenvalue weighted by Gasteiger charge is -2.30. The molecule has 3 unspecified atom stereocenters. The van der Waals surface area contributed by atoms with Crippen molar-refractivity contribution in [2.75, 3.05) is 40.9 Å². The average molecular weight is 1260 g/mol. The Morgan fingerprint density at radius 2 is 0.719 bits per heavy atom. The Kier molecular flexibility index (Phi) is 65.5. The molecule has 1 amide bonds. The molecule has 0 aliphatic rings. The van der Waals surface area contributed by atoms with E-state index >= 15 is 0 Å². The average Bonchev–Trinajstić information content (AvgIpc) is 3.71. The summed E-state index contributed by atoms with van der Waals surface area (Å²) in [5.74, 6) is -0.537. The van der Waals surface area contributed by atoms with E-state index < -0.39 is 26.6 Å². The lowest BCUT2D eigenvalue weighted by molar-refractivity contribution is -0.870. The fourth-order valence-electron chi connectivity index (χ4n) is 10.8. The zero-order valence-corrected chi connectivity index (χ0v) is 60.0. The minimum Gasteiger partial charge on any atom is -0.756 e. The van der Waals surface area contributed by atoms with Crippen molar-refractivity contribution >= 4 is 19.7 Å². The zero-order valence-electron chi connectivity index (χ0n) is 59.1. The minimum absolute atomic E-state index is 0.0250. The highest BCUT2D eigenvalue weighted by Crippen LogP contribution is 2.38. The maximum Gasteiger partial charge on any atom is 0.306 e. The Labute approximate surface area is 551 Å². The standard InChI is InChI=1S/C79H143N2O7P/c1-7-10-13-16-19-22-25-27-29-31-33-35-37-39-40-42-44-46-48-50-52-54-57-60-63-66-69-72-79(83)88-77(70-67-64-61-58-55-24-21-18-15-12-9-3)76(75-87-89(84,85)86-74-73-81(4,5)6)80-78(82)71-68-65-62-59-56-53-51-49-47-45-43-41-38-36-34-32-30-28-26-23-20-17-14-11-8-2/h10,13,19-20,22-23,27-30,33,35,39-40,67,70,76-77H,7-9,11-12,14-18,21,24-26,31-32,34,36-38,41-66,68-69,71-75H2,1-6H3,(H-,80,82,84,85)/b13-10-,22-19-,23-20-,29-27-,30-28-,35-33-,40-39-,70-67+. The molecule has 9 nitrogen and oxygen atoms in total. The van der Waals surface area contributed by atoms with Crippen LogP contribution in [-0.2, 0) is 27.9 Å². The van der Waals surface area contributed by atoms with E-state index in [-0.39, 0.29) is 24.9 Å². The van der Waals surface area contributed by atoms with E-state index in [1.165, 1.54) is 212 Å². The van der Waals surface area contributed by atoms with E-state index in [9.17, 15) is 19.0 Å². The van der Waals surface area contributed by atoms with Crippen LogP contribution in [0.2, 0.25) is 0 Å². The first-order valence-electron chi connectivity index (χ1n) is 37.5. The quantitative estimate of drug-likeness (QED) is 0.0212. The number of ether oxygens (including phenoxy) is 1. The van der Waals surface area contributed by atoms with Gasteiger partial charge in [-0.15, -0.1) is 0 Å². The zero-order chi connectivity index (χ0) is 64.9. The highest BCUT2D eigenvalue weighted by atomic mass is 31.2. The second-order valence-corrected chi connectivity index (χ2v) is 27.8. The number of esters is 1. The number of hydrogen-bond donors (Lipinski definition) is 1. The van der Waals surface area contributed by atoms with E-state index in [0.717, 1.165) is 96.3 Å². The number of hydrogen-bond acceptors (Lipinski definition) is 7. The predicted molar refractivity (Wildman–Crippen MR) is 385 cm³/mol. The molecule has 10 heteroatoms.